The second kappa shape index (κ2) is 12.0. The highest BCUT2D eigenvalue weighted by molar-refractivity contribution is 5.94. The summed E-state index contributed by atoms with van der Waals surface area (Å²) in [6.45, 7) is 8.59. The second-order valence-electron chi connectivity index (χ2n) is 8.38. The van der Waals surface area contributed by atoms with E-state index in [2.05, 4.69) is 25.9 Å². The van der Waals surface area contributed by atoms with Crippen molar-refractivity contribution < 1.29 is 24.3 Å². The lowest BCUT2D eigenvalue weighted by atomic mass is 9.99. The number of hydrogen-bond donors (Lipinski definition) is 6. The van der Waals surface area contributed by atoms with Gasteiger partial charge in [-0.05, 0) is 25.2 Å². The number of H-pyrrole nitrogens is 1. The zero-order chi connectivity index (χ0) is 23.7. The molecule has 11 heteroatoms. The maximum Gasteiger partial charge on any atom is 0.325 e. The van der Waals surface area contributed by atoms with Crippen molar-refractivity contribution in [3.63, 3.8) is 0 Å². The maximum atomic E-state index is 12.9. The average molecular weight is 439 g/mol. The van der Waals surface area contributed by atoms with Gasteiger partial charge in [0.15, 0.2) is 0 Å². The number of nitrogens with zero attached hydrogens (tertiary/aromatic N) is 1. The van der Waals surface area contributed by atoms with Gasteiger partial charge in [-0.15, -0.1) is 0 Å². The molecular weight excluding hydrogens is 404 g/mol. The minimum Gasteiger partial charge on any atom is -0.480 e. The number of carboxylic acids is 1. The summed E-state index contributed by atoms with van der Waals surface area (Å²) >= 11 is 0. The zero-order valence-corrected chi connectivity index (χ0v) is 18.6. The Balaban J connectivity index is 2.85. The molecule has 7 N–H and O–H groups in total. The summed E-state index contributed by atoms with van der Waals surface area (Å²) in [4.78, 5) is 55.7. The predicted octanol–water partition coefficient (Wildman–Crippen LogP) is -0.459. The molecule has 1 heterocycles. The van der Waals surface area contributed by atoms with E-state index in [1.54, 1.807) is 20.0 Å². The van der Waals surface area contributed by atoms with Crippen molar-refractivity contribution in [2.24, 2.45) is 17.6 Å². The highest BCUT2D eigenvalue weighted by atomic mass is 16.4. The van der Waals surface area contributed by atoms with E-state index in [9.17, 15) is 19.2 Å². The smallest absolute Gasteiger partial charge is 0.325 e. The number of amides is 3. The standard InChI is InChI=1S/C20H34N6O5/c1-10(2)6-15(25-17(27)14(21)7-13-8-22-9-23-13)18(28)26-16(11(3)4)19(29)24-12(5)20(30)31/h8-12,14-16H,6-7,21H2,1-5H3,(H,22,23)(H,24,29)(H,25,27)(H,26,28)(H,30,31). The van der Waals surface area contributed by atoms with Crippen molar-refractivity contribution in [3.05, 3.63) is 18.2 Å². The van der Waals surface area contributed by atoms with Crippen LogP contribution in [-0.2, 0) is 25.6 Å². The van der Waals surface area contributed by atoms with Crippen LogP contribution in [0.15, 0.2) is 12.5 Å². The van der Waals surface area contributed by atoms with E-state index in [1.807, 2.05) is 13.8 Å². The number of carboxylic acid groups (broad SMARTS) is 1. The Hall–Kier alpha value is -2.95. The van der Waals surface area contributed by atoms with Crippen LogP contribution < -0.4 is 21.7 Å². The summed E-state index contributed by atoms with van der Waals surface area (Å²) in [6.07, 6.45) is 3.62. The van der Waals surface area contributed by atoms with Crippen LogP contribution in [0.2, 0.25) is 0 Å². The van der Waals surface area contributed by atoms with Crippen molar-refractivity contribution in [2.45, 2.75) is 71.6 Å². The molecule has 0 radical (unpaired) electrons. The van der Waals surface area contributed by atoms with E-state index in [0.29, 0.717) is 12.1 Å². The summed E-state index contributed by atoms with van der Waals surface area (Å²) in [5.41, 5.74) is 6.65. The minimum atomic E-state index is -1.18. The SMILES string of the molecule is CC(C)CC(NC(=O)C(N)Cc1cnc[nH]1)C(=O)NC(C(=O)NC(C)C(=O)O)C(C)C. The van der Waals surface area contributed by atoms with Gasteiger partial charge in [0, 0.05) is 18.3 Å². The van der Waals surface area contributed by atoms with Gasteiger partial charge in [0.05, 0.1) is 12.4 Å². The molecule has 0 saturated heterocycles. The van der Waals surface area contributed by atoms with Gasteiger partial charge >= 0.3 is 5.97 Å². The molecule has 0 fully saturated rings. The summed E-state index contributed by atoms with van der Waals surface area (Å²) in [6, 6.07) is -3.84. The number of carbonyl (C=O) groups excluding carboxylic acids is 3. The topological polar surface area (TPSA) is 179 Å². The number of hydrogen-bond acceptors (Lipinski definition) is 6. The molecule has 1 aromatic heterocycles. The molecule has 11 nitrogen and oxygen atoms in total. The number of rotatable bonds is 12. The predicted molar refractivity (Wildman–Crippen MR) is 114 cm³/mol. The number of imidazole rings is 1. The van der Waals surface area contributed by atoms with Crippen LogP contribution in [-0.4, -0.2) is 62.9 Å². The fourth-order valence-electron chi connectivity index (χ4n) is 2.86. The van der Waals surface area contributed by atoms with Gasteiger partial charge < -0.3 is 31.8 Å². The molecule has 0 spiro atoms. The molecule has 0 aliphatic heterocycles. The lowest BCUT2D eigenvalue weighted by molar-refractivity contribution is -0.142. The Kier molecular flexibility index (Phi) is 10.1. The van der Waals surface area contributed by atoms with Crippen LogP contribution >= 0.6 is 0 Å². The number of aliphatic carboxylic acids is 1. The van der Waals surface area contributed by atoms with E-state index < -0.39 is 47.9 Å². The van der Waals surface area contributed by atoms with Crippen LogP contribution in [0.5, 0.6) is 0 Å². The highest BCUT2D eigenvalue weighted by Crippen LogP contribution is 2.09. The first-order valence-corrected chi connectivity index (χ1v) is 10.3. The molecule has 0 saturated carbocycles. The Morgan fingerprint density at radius 3 is 2.16 bits per heavy atom. The van der Waals surface area contributed by atoms with Crippen molar-refractivity contribution in [1.82, 2.24) is 25.9 Å². The molecular formula is C20H34N6O5. The molecule has 0 aliphatic carbocycles. The van der Waals surface area contributed by atoms with E-state index in [4.69, 9.17) is 10.8 Å². The number of carbonyl (C=O) groups is 4. The third kappa shape index (κ3) is 8.75. The zero-order valence-electron chi connectivity index (χ0n) is 18.6. The van der Waals surface area contributed by atoms with Crippen LogP contribution in [0.3, 0.4) is 0 Å². The van der Waals surface area contributed by atoms with Crippen molar-refractivity contribution in [1.29, 1.82) is 0 Å². The third-order valence-corrected chi connectivity index (χ3v) is 4.65. The molecule has 31 heavy (non-hydrogen) atoms. The van der Waals surface area contributed by atoms with Crippen LogP contribution in [0.25, 0.3) is 0 Å². The number of aromatic nitrogens is 2. The van der Waals surface area contributed by atoms with Crippen molar-refractivity contribution in [3.8, 4) is 0 Å². The van der Waals surface area contributed by atoms with Gasteiger partial charge in [-0.1, -0.05) is 27.7 Å². The number of nitrogens with one attached hydrogen (secondary N) is 4. The molecule has 1 rings (SSSR count). The fraction of sp³-hybridized carbons (Fsp3) is 0.650. The fourth-order valence-corrected chi connectivity index (χ4v) is 2.86. The summed E-state index contributed by atoms with van der Waals surface area (Å²) in [5, 5.41) is 16.7. The molecule has 3 amide bonds. The summed E-state index contributed by atoms with van der Waals surface area (Å²) in [5.74, 6) is -3.04. The first-order chi connectivity index (χ1) is 14.4. The lowest BCUT2D eigenvalue weighted by Crippen LogP contribution is -2.58. The Labute approximate surface area is 181 Å². The van der Waals surface area contributed by atoms with Crippen molar-refractivity contribution >= 4 is 23.7 Å². The first kappa shape index (κ1) is 26.1. The van der Waals surface area contributed by atoms with Gasteiger partial charge in [0.2, 0.25) is 17.7 Å². The first-order valence-electron chi connectivity index (χ1n) is 10.3. The molecule has 0 aliphatic rings. The van der Waals surface area contributed by atoms with Gasteiger partial charge in [-0.2, -0.15) is 0 Å². The normalized spacial score (nSPS) is 15.1. The average Bonchev–Trinajstić information content (AvgIpc) is 3.17. The lowest BCUT2D eigenvalue weighted by Gasteiger charge is -2.27. The van der Waals surface area contributed by atoms with Gasteiger partial charge in [0.1, 0.15) is 18.1 Å². The molecule has 4 atom stereocenters. The van der Waals surface area contributed by atoms with E-state index >= 15 is 0 Å². The van der Waals surface area contributed by atoms with Crippen LogP contribution in [0, 0.1) is 11.8 Å². The quantitative estimate of drug-likeness (QED) is 0.255. The van der Waals surface area contributed by atoms with Gasteiger partial charge in [-0.25, -0.2) is 4.98 Å². The summed E-state index contributed by atoms with van der Waals surface area (Å²) in [7, 11) is 0. The van der Waals surface area contributed by atoms with E-state index in [-0.39, 0.29) is 18.3 Å². The Morgan fingerprint density at radius 1 is 1.03 bits per heavy atom. The molecule has 4 unspecified atom stereocenters. The highest BCUT2D eigenvalue weighted by Gasteiger charge is 2.31. The summed E-state index contributed by atoms with van der Waals surface area (Å²) < 4.78 is 0. The van der Waals surface area contributed by atoms with Crippen molar-refractivity contribution in [2.75, 3.05) is 0 Å². The van der Waals surface area contributed by atoms with Crippen LogP contribution in [0.1, 0.15) is 46.7 Å². The minimum absolute atomic E-state index is 0.0817. The van der Waals surface area contributed by atoms with E-state index in [0.717, 1.165) is 0 Å². The van der Waals surface area contributed by atoms with Gasteiger partial charge in [0.25, 0.3) is 0 Å². The second-order valence-corrected chi connectivity index (χ2v) is 8.38. The van der Waals surface area contributed by atoms with Crippen LogP contribution in [0.4, 0.5) is 0 Å². The van der Waals surface area contributed by atoms with Gasteiger partial charge in [-0.3, -0.25) is 19.2 Å². The third-order valence-electron chi connectivity index (χ3n) is 4.65. The molecule has 174 valence electrons. The number of aromatic amines is 1. The molecule has 0 aromatic carbocycles. The molecule has 1 aromatic rings. The maximum absolute atomic E-state index is 12.9. The Morgan fingerprint density at radius 2 is 1.68 bits per heavy atom. The Bertz CT molecular complexity index is 749. The monoisotopic (exact) mass is 438 g/mol. The number of nitrogens with two attached hydrogens (primary N) is 1. The van der Waals surface area contributed by atoms with E-state index in [1.165, 1.54) is 13.3 Å². The molecule has 0 bridgehead atoms. The largest absolute Gasteiger partial charge is 0.480 e.